The van der Waals surface area contributed by atoms with Gasteiger partial charge < -0.3 is 4.74 Å². The molecule has 1 heterocycles. The van der Waals surface area contributed by atoms with Gasteiger partial charge in [-0.15, -0.1) is 13.2 Å². The monoisotopic (exact) mass is 310 g/mol. The van der Waals surface area contributed by atoms with E-state index in [2.05, 4.69) is 20.7 Å². The summed E-state index contributed by atoms with van der Waals surface area (Å²) in [5.74, 6) is -0.725. The normalized spacial score (nSPS) is 11.0. The van der Waals surface area contributed by atoms with E-state index in [1.807, 2.05) is 4.98 Å². The van der Waals surface area contributed by atoms with Crippen molar-refractivity contribution >= 4 is 15.9 Å². The van der Waals surface area contributed by atoms with Gasteiger partial charge in [0.1, 0.15) is 0 Å². The number of nitrogens with one attached hydrogen (secondary N) is 1. The number of nitriles is 1. The first-order chi connectivity index (χ1) is 7.87. The van der Waals surface area contributed by atoms with Gasteiger partial charge in [-0.05, 0) is 5.56 Å². The molecule has 1 rings (SSSR count). The lowest BCUT2D eigenvalue weighted by atomic mass is 10.1. The largest absolute Gasteiger partial charge is 0.574 e. The number of hydrogen-bond donors (Lipinski definition) is 1. The van der Waals surface area contributed by atoms with Crippen LogP contribution < -0.4 is 10.3 Å². The molecular formula is C9H6BrF3N2O2. The molecule has 4 nitrogen and oxygen atoms in total. The average molecular weight is 311 g/mol. The van der Waals surface area contributed by atoms with E-state index in [0.29, 0.717) is 0 Å². The molecule has 0 bridgehead atoms. The van der Waals surface area contributed by atoms with Crippen molar-refractivity contribution in [2.45, 2.75) is 18.1 Å². The zero-order chi connectivity index (χ0) is 13.1. The van der Waals surface area contributed by atoms with E-state index in [4.69, 9.17) is 5.26 Å². The standard InChI is InChI=1S/C9H6BrF3N2O2/c10-4-6-5(1-2-14)3-7(15-8(6)16)17-9(11,12)13/h3H,1,4H2,(H,15,16). The third kappa shape index (κ3) is 3.78. The summed E-state index contributed by atoms with van der Waals surface area (Å²) in [6.07, 6.45) is -5.05. The Balaban J connectivity index is 3.21. The minimum Gasteiger partial charge on any atom is -0.390 e. The molecule has 17 heavy (non-hydrogen) atoms. The lowest BCUT2D eigenvalue weighted by molar-refractivity contribution is -0.276. The van der Waals surface area contributed by atoms with Crippen molar-refractivity contribution in [3.05, 3.63) is 27.5 Å². The molecule has 0 aromatic carbocycles. The fraction of sp³-hybridized carbons (Fsp3) is 0.333. The number of H-pyrrole nitrogens is 1. The maximum absolute atomic E-state index is 12.0. The molecule has 8 heteroatoms. The highest BCUT2D eigenvalue weighted by atomic mass is 79.9. The van der Waals surface area contributed by atoms with Crippen LogP contribution in [-0.2, 0) is 11.8 Å². The first kappa shape index (κ1) is 13.6. The van der Waals surface area contributed by atoms with Gasteiger partial charge in [0.25, 0.3) is 5.56 Å². The minimum absolute atomic E-state index is 0.144. The van der Waals surface area contributed by atoms with Gasteiger partial charge in [-0.25, -0.2) is 0 Å². The molecule has 1 N–H and O–H groups in total. The highest BCUT2D eigenvalue weighted by Crippen LogP contribution is 2.22. The van der Waals surface area contributed by atoms with E-state index in [1.54, 1.807) is 6.07 Å². The second kappa shape index (κ2) is 5.23. The van der Waals surface area contributed by atoms with Gasteiger partial charge in [0.2, 0.25) is 5.88 Å². The number of alkyl halides is 4. The zero-order valence-corrected chi connectivity index (χ0v) is 9.85. The van der Waals surface area contributed by atoms with Gasteiger partial charge in [0.15, 0.2) is 0 Å². The summed E-state index contributed by atoms with van der Waals surface area (Å²) in [5.41, 5.74) is -0.303. The second-order valence-corrected chi connectivity index (χ2v) is 3.54. The van der Waals surface area contributed by atoms with Crippen LogP contribution in [-0.4, -0.2) is 11.3 Å². The molecule has 0 spiro atoms. The van der Waals surface area contributed by atoms with Crippen LogP contribution in [0.1, 0.15) is 11.1 Å². The van der Waals surface area contributed by atoms with Crippen molar-refractivity contribution in [1.29, 1.82) is 5.26 Å². The van der Waals surface area contributed by atoms with Crippen LogP contribution >= 0.6 is 15.9 Å². The second-order valence-electron chi connectivity index (χ2n) is 2.98. The summed E-state index contributed by atoms with van der Waals surface area (Å²) < 4.78 is 39.5. The Morgan fingerprint density at radius 2 is 2.18 bits per heavy atom. The third-order valence-electron chi connectivity index (χ3n) is 1.83. The van der Waals surface area contributed by atoms with Crippen molar-refractivity contribution < 1.29 is 17.9 Å². The van der Waals surface area contributed by atoms with Crippen molar-refractivity contribution in [3.63, 3.8) is 0 Å². The number of rotatable bonds is 3. The van der Waals surface area contributed by atoms with Crippen LogP contribution in [0.3, 0.4) is 0 Å². The summed E-state index contributed by atoms with van der Waals surface area (Å²) in [6.45, 7) is 0. The molecule has 1 aromatic rings. The molecule has 0 aliphatic carbocycles. The smallest absolute Gasteiger partial charge is 0.390 e. The molecule has 0 saturated heterocycles. The highest BCUT2D eigenvalue weighted by Gasteiger charge is 2.32. The van der Waals surface area contributed by atoms with Gasteiger partial charge in [0, 0.05) is 17.0 Å². The molecule has 0 saturated carbocycles. The molecule has 0 unspecified atom stereocenters. The Bertz CT molecular complexity index is 504. The maximum Gasteiger partial charge on any atom is 0.574 e. The minimum atomic E-state index is -4.89. The Labute approximate surface area is 102 Å². The molecule has 0 aliphatic heterocycles. The molecular weight excluding hydrogens is 305 g/mol. The van der Waals surface area contributed by atoms with Crippen LogP contribution in [0.5, 0.6) is 5.88 Å². The summed E-state index contributed by atoms with van der Waals surface area (Å²) in [5, 5.41) is 8.66. The summed E-state index contributed by atoms with van der Waals surface area (Å²) in [4.78, 5) is 13.4. The molecule has 0 amide bonds. The molecule has 1 aromatic heterocycles. The van der Waals surface area contributed by atoms with Crippen molar-refractivity contribution in [2.24, 2.45) is 0 Å². The van der Waals surface area contributed by atoms with E-state index in [-0.39, 0.29) is 22.9 Å². The highest BCUT2D eigenvalue weighted by molar-refractivity contribution is 9.08. The van der Waals surface area contributed by atoms with Crippen molar-refractivity contribution in [1.82, 2.24) is 4.98 Å². The average Bonchev–Trinajstić information content (AvgIpc) is 2.15. The summed E-state index contributed by atoms with van der Waals surface area (Å²) in [6, 6.07) is 2.76. The van der Waals surface area contributed by atoms with E-state index >= 15 is 0 Å². The summed E-state index contributed by atoms with van der Waals surface area (Å²) in [7, 11) is 0. The first-order valence-electron chi connectivity index (χ1n) is 4.31. The Hall–Kier alpha value is -1.49. The van der Waals surface area contributed by atoms with E-state index in [1.165, 1.54) is 0 Å². The lowest BCUT2D eigenvalue weighted by Gasteiger charge is -2.10. The number of halogens is 4. The van der Waals surface area contributed by atoms with Crippen LogP contribution in [0, 0.1) is 11.3 Å². The van der Waals surface area contributed by atoms with Crippen LogP contribution in [0.4, 0.5) is 13.2 Å². The lowest BCUT2D eigenvalue weighted by Crippen LogP contribution is -2.22. The zero-order valence-electron chi connectivity index (χ0n) is 8.27. The van der Waals surface area contributed by atoms with Crippen molar-refractivity contribution in [2.75, 3.05) is 0 Å². The van der Waals surface area contributed by atoms with Crippen LogP contribution in [0.25, 0.3) is 0 Å². The van der Waals surface area contributed by atoms with Gasteiger partial charge in [-0.3, -0.25) is 9.78 Å². The van der Waals surface area contributed by atoms with Crippen LogP contribution in [0.15, 0.2) is 10.9 Å². The Kier molecular flexibility index (Phi) is 4.17. The molecule has 0 aliphatic rings. The predicted molar refractivity (Wildman–Crippen MR) is 55.7 cm³/mol. The fourth-order valence-electron chi connectivity index (χ4n) is 1.18. The van der Waals surface area contributed by atoms with Gasteiger partial charge in [-0.2, -0.15) is 5.26 Å². The molecule has 92 valence electrons. The number of ether oxygens (including phenoxy) is 1. The van der Waals surface area contributed by atoms with E-state index in [0.717, 1.165) is 6.07 Å². The first-order valence-corrected chi connectivity index (χ1v) is 5.43. The maximum atomic E-state index is 12.0. The topological polar surface area (TPSA) is 65.9 Å². The predicted octanol–water partition coefficient (Wildman–Crippen LogP) is 2.23. The third-order valence-corrected chi connectivity index (χ3v) is 2.39. The van der Waals surface area contributed by atoms with Crippen molar-refractivity contribution in [3.8, 4) is 11.9 Å². The number of aromatic amines is 1. The van der Waals surface area contributed by atoms with E-state index < -0.39 is 17.8 Å². The van der Waals surface area contributed by atoms with Crippen LogP contribution in [0.2, 0.25) is 0 Å². The number of aromatic nitrogens is 1. The Morgan fingerprint density at radius 3 is 2.65 bits per heavy atom. The molecule has 0 atom stereocenters. The van der Waals surface area contributed by atoms with E-state index in [9.17, 15) is 18.0 Å². The quantitative estimate of drug-likeness (QED) is 0.871. The molecule has 0 fully saturated rings. The number of nitrogens with zero attached hydrogens (tertiary/aromatic N) is 1. The van der Waals surface area contributed by atoms with Gasteiger partial charge in [-0.1, -0.05) is 15.9 Å². The van der Waals surface area contributed by atoms with Gasteiger partial charge >= 0.3 is 6.36 Å². The Morgan fingerprint density at radius 1 is 1.53 bits per heavy atom. The molecule has 0 radical (unpaired) electrons. The van der Waals surface area contributed by atoms with Gasteiger partial charge in [0.05, 0.1) is 12.5 Å². The summed E-state index contributed by atoms with van der Waals surface area (Å²) >= 11 is 3.02. The SMILES string of the molecule is N#CCc1cc(OC(F)(F)F)[nH]c(=O)c1CBr. The number of hydrogen-bond acceptors (Lipinski definition) is 3. The fourth-order valence-corrected chi connectivity index (χ4v) is 1.80. The number of pyridine rings is 1.